The van der Waals surface area contributed by atoms with Gasteiger partial charge in [-0.15, -0.1) is 0 Å². The number of benzene rings is 2. The summed E-state index contributed by atoms with van der Waals surface area (Å²) in [5.41, 5.74) is -0.143. The van der Waals surface area contributed by atoms with Gasteiger partial charge < -0.3 is 15.2 Å². The molecule has 1 amide bonds. The first-order valence-corrected chi connectivity index (χ1v) is 8.17. The van der Waals surface area contributed by atoms with Crippen LogP contribution in [0.2, 0.25) is 0 Å². The van der Waals surface area contributed by atoms with E-state index in [9.17, 15) is 18.0 Å². The molecule has 7 nitrogen and oxygen atoms in total. The Hall–Kier alpha value is -3.43. The van der Waals surface area contributed by atoms with Gasteiger partial charge in [-0.3, -0.25) is 15.1 Å². The number of amides is 1. The molecule has 1 atom stereocenters. The maximum Gasteiger partial charge on any atom is 0.416 e. The molecule has 0 unspecified atom stereocenters. The predicted octanol–water partition coefficient (Wildman–Crippen LogP) is 2.82. The number of aromatic nitrogens is 4. The van der Waals surface area contributed by atoms with Crippen LogP contribution >= 0.6 is 0 Å². The molecule has 28 heavy (non-hydrogen) atoms. The van der Waals surface area contributed by atoms with E-state index in [1.165, 1.54) is 19.2 Å². The van der Waals surface area contributed by atoms with E-state index in [0.29, 0.717) is 11.3 Å². The van der Waals surface area contributed by atoms with Crippen LogP contribution in [0.3, 0.4) is 0 Å². The highest BCUT2D eigenvalue weighted by atomic mass is 19.4. The highest BCUT2D eigenvalue weighted by Crippen LogP contribution is 2.31. The van der Waals surface area contributed by atoms with Crippen molar-refractivity contribution in [3.63, 3.8) is 0 Å². The second-order valence-corrected chi connectivity index (χ2v) is 5.87. The lowest BCUT2D eigenvalue weighted by Gasteiger charge is -2.19. The van der Waals surface area contributed by atoms with E-state index in [1.54, 1.807) is 24.3 Å². The molecule has 0 radical (unpaired) electrons. The number of halogens is 3. The third-order valence-corrected chi connectivity index (χ3v) is 4.04. The number of methoxy groups -OCH3 is 1. The van der Waals surface area contributed by atoms with E-state index >= 15 is 0 Å². The molecule has 0 aliphatic rings. The van der Waals surface area contributed by atoms with Gasteiger partial charge in [0.25, 0.3) is 0 Å². The molecule has 10 heteroatoms. The Balaban J connectivity index is 1.86. The number of carbonyl (C=O) groups is 1. The lowest BCUT2D eigenvalue weighted by atomic mass is 9.97. The van der Waals surface area contributed by atoms with Gasteiger partial charge in [-0.1, -0.05) is 24.3 Å². The topological polar surface area (TPSA) is 91.1 Å². The highest BCUT2D eigenvalue weighted by Gasteiger charge is 2.31. The monoisotopic (exact) mass is 390 g/mol. The van der Waals surface area contributed by atoms with Gasteiger partial charge in [0.05, 0.1) is 18.6 Å². The van der Waals surface area contributed by atoms with Crippen LogP contribution in [-0.4, -0.2) is 28.5 Å². The van der Waals surface area contributed by atoms with Crippen LogP contribution in [0, 0.1) is 0 Å². The molecular weight excluding hydrogens is 375 g/mol. The first-order valence-electron chi connectivity index (χ1n) is 8.17. The molecule has 0 bridgehead atoms. The normalized spacial score (nSPS) is 12.4. The van der Waals surface area contributed by atoms with Gasteiger partial charge in [0.15, 0.2) is 0 Å². The quantitative estimate of drug-likeness (QED) is 0.696. The number of tetrazole rings is 1. The summed E-state index contributed by atoms with van der Waals surface area (Å²) in [6.07, 6.45) is -4.36. The predicted molar refractivity (Wildman–Crippen MR) is 92.7 cm³/mol. The molecule has 0 aliphatic heterocycles. The Labute approximate surface area is 157 Å². The van der Waals surface area contributed by atoms with Crippen LogP contribution < -0.4 is 15.2 Å². The fourth-order valence-electron chi connectivity index (χ4n) is 2.69. The fraction of sp³-hybridized carbons (Fsp3) is 0.222. The van der Waals surface area contributed by atoms with Crippen LogP contribution in [0.15, 0.2) is 48.5 Å². The van der Waals surface area contributed by atoms with Crippen molar-refractivity contribution in [2.45, 2.75) is 18.5 Å². The van der Waals surface area contributed by atoms with Gasteiger partial charge in [-0.25, -0.2) is 0 Å². The minimum atomic E-state index is -4.51. The van der Waals surface area contributed by atoms with Crippen molar-refractivity contribution in [2.75, 3.05) is 12.4 Å². The number of nitrogens with zero attached hydrogens (tertiary/aromatic N) is 4. The van der Waals surface area contributed by atoms with E-state index in [4.69, 9.17) is 4.74 Å². The SMILES string of the molecule is COc1ccccc1C[C@H](C(=O)Nc1cccc(C(F)(F)F)c1)c1nnn[n-]1. The minimum Gasteiger partial charge on any atom is -0.496 e. The summed E-state index contributed by atoms with van der Waals surface area (Å²) in [5.74, 6) is -0.872. The number of hydrogen-bond donors (Lipinski definition) is 1. The van der Waals surface area contributed by atoms with E-state index in [1.807, 2.05) is 0 Å². The number of para-hydroxylation sites is 1. The molecule has 146 valence electrons. The van der Waals surface area contributed by atoms with Gasteiger partial charge in [0.2, 0.25) is 5.91 Å². The Kier molecular flexibility index (Phi) is 5.57. The largest absolute Gasteiger partial charge is 0.496 e. The molecule has 1 aromatic heterocycles. The highest BCUT2D eigenvalue weighted by molar-refractivity contribution is 5.95. The van der Waals surface area contributed by atoms with Crippen molar-refractivity contribution in [1.82, 2.24) is 20.6 Å². The minimum absolute atomic E-state index is 0.0114. The summed E-state index contributed by atoms with van der Waals surface area (Å²) >= 11 is 0. The Morgan fingerprint density at radius 3 is 2.68 bits per heavy atom. The lowest BCUT2D eigenvalue weighted by Crippen LogP contribution is -2.25. The molecule has 0 spiro atoms. The first kappa shape index (κ1) is 19.3. The van der Waals surface area contributed by atoms with Crippen LogP contribution in [0.1, 0.15) is 22.9 Å². The molecular formula is C18H15F3N5O2-. The average molecular weight is 390 g/mol. The summed E-state index contributed by atoms with van der Waals surface area (Å²) in [6.45, 7) is 0. The average Bonchev–Trinajstić information content (AvgIpc) is 3.20. The Bertz CT molecular complexity index is 944. The van der Waals surface area contributed by atoms with Crippen molar-refractivity contribution in [2.24, 2.45) is 0 Å². The van der Waals surface area contributed by atoms with E-state index in [0.717, 1.165) is 12.1 Å². The zero-order chi connectivity index (χ0) is 20.1. The number of nitrogens with one attached hydrogen (secondary N) is 1. The lowest BCUT2D eigenvalue weighted by molar-refractivity contribution is -0.137. The number of alkyl halides is 3. The van der Waals surface area contributed by atoms with E-state index in [-0.39, 0.29) is 17.9 Å². The molecule has 1 heterocycles. The molecule has 0 saturated carbocycles. The number of rotatable bonds is 6. The van der Waals surface area contributed by atoms with Gasteiger partial charge in [0, 0.05) is 11.5 Å². The van der Waals surface area contributed by atoms with E-state index in [2.05, 4.69) is 25.9 Å². The number of ether oxygens (including phenoxy) is 1. The van der Waals surface area contributed by atoms with Crippen molar-refractivity contribution >= 4 is 11.6 Å². The molecule has 0 saturated heterocycles. The van der Waals surface area contributed by atoms with E-state index < -0.39 is 23.6 Å². The maximum absolute atomic E-state index is 12.9. The molecule has 3 aromatic rings. The third-order valence-electron chi connectivity index (χ3n) is 4.04. The Morgan fingerprint density at radius 1 is 1.21 bits per heavy atom. The van der Waals surface area contributed by atoms with Crippen molar-refractivity contribution in [3.05, 3.63) is 65.5 Å². The summed E-state index contributed by atoms with van der Waals surface area (Å²) in [6, 6.07) is 11.4. The zero-order valence-electron chi connectivity index (χ0n) is 14.6. The van der Waals surface area contributed by atoms with Gasteiger partial charge in [-0.2, -0.15) is 18.4 Å². The molecule has 3 rings (SSSR count). The van der Waals surface area contributed by atoms with Crippen molar-refractivity contribution < 1.29 is 22.7 Å². The van der Waals surface area contributed by atoms with Crippen molar-refractivity contribution in [3.8, 4) is 5.75 Å². The van der Waals surface area contributed by atoms with Gasteiger partial charge in [-0.05, 0) is 36.2 Å². The number of hydrogen-bond acceptors (Lipinski definition) is 5. The molecule has 1 N–H and O–H groups in total. The van der Waals surface area contributed by atoms with Crippen LogP contribution in [0.5, 0.6) is 5.75 Å². The fourth-order valence-corrected chi connectivity index (χ4v) is 2.69. The second kappa shape index (κ2) is 8.07. The van der Waals surface area contributed by atoms with Crippen molar-refractivity contribution in [1.29, 1.82) is 0 Å². The summed E-state index contributed by atoms with van der Waals surface area (Å²) < 4.78 is 44.0. The van der Waals surface area contributed by atoms with Crippen LogP contribution in [0.25, 0.3) is 0 Å². The summed E-state index contributed by atoms with van der Waals surface area (Å²) in [7, 11) is 1.50. The maximum atomic E-state index is 12.9. The van der Waals surface area contributed by atoms with Crippen LogP contribution in [0.4, 0.5) is 18.9 Å². The summed E-state index contributed by atoms with van der Waals surface area (Å²) in [5, 5.41) is 16.7. The summed E-state index contributed by atoms with van der Waals surface area (Å²) in [4.78, 5) is 12.8. The molecule has 0 fully saturated rings. The van der Waals surface area contributed by atoms with Gasteiger partial charge in [0.1, 0.15) is 5.75 Å². The Morgan fingerprint density at radius 2 is 2.00 bits per heavy atom. The standard InChI is InChI=1S/C18H16F3N5O2/c1-28-15-8-3-2-5-11(15)9-14(16-23-25-26-24-16)17(27)22-13-7-4-6-12(10-13)18(19,20)21/h2-8,10,14H,9H2,1H3,(H2,22,23,24,25,26,27)/p-1/t14-/m0/s1. The molecule has 2 aromatic carbocycles. The first-order chi connectivity index (χ1) is 13.4. The van der Waals surface area contributed by atoms with Crippen LogP contribution in [-0.2, 0) is 17.4 Å². The van der Waals surface area contributed by atoms with Gasteiger partial charge >= 0.3 is 6.18 Å². The zero-order valence-corrected chi connectivity index (χ0v) is 14.6. The smallest absolute Gasteiger partial charge is 0.416 e. The molecule has 0 aliphatic carbocycles. The number of carbonyl (C=O) groups excluding carboxylic acids is 1. The third kappa shape index (κ3) is 4.45. The second-order valence-electron chi connectivity index (χ2n) is 5.87. The number of anilines is 1.